The van der Waals surface area contributed by atoms with Gasteiger partial charge in [0.2, 0.25) is 0 Å². The molecule has 3 nitrogen and oxygen atoms in total. The van der Waals surface area contributed by atoms with Crippen LogP contribution in [0.3, 0.4) is 0 Å². The van der Waals surface area contributed by atoms with Gasteiger partial charge in [-0.15, -0.1) is 0 Å². The third kappa shape index (κ3) is 2.93. The molecule has 2 rings (SSSR count). The lowest BCUT2D eigenvalue weighted by atomic mass is 10.00. The molecule has 0 amide bonds. The highest BCUT2D eigenvalue weighted by molar-refractivity contribution is 5.69. The van der Waals surface area contributed by atoms with Crippen molar-refractivity contribution in [1.82, 2.24) is 5.32 Å². The lowest BCUT2D eigenvalue weighted by molar-refractivity contribution is 0.326. The normalized spacial score (nSPS) is 14.8. The van der Waals surface area contributed by atoms with Gasteiger partial charge in [-0.2, -0.15) is 0 Å². The van der Waals surface area contributed by atoms with Crippen molar-refractivity contribution in [3.63, 3.8) is 0 Å². The van der Waals surface area contributed by atoms with Crippen LogP contribution in [0.15, 0.2) is 36.9 Å². The summed E-state index contributed by atoms with van der Waals surface area (Å²) in [6.45, 7) is 6.10. The average molecular weight is 245 g/mol. The average Bonchev–Trinajstić information content (AvgIpc) is 2.46. The van der Waals surface area contributed by atoms with Crippen LogP contribution in [-0.2, 0) is 0 Å². The third-order valence-electron chi connectivity index (χ3n) is 2.96. The minimum absolute atomic E-state index is 0.488. The van der Waals surface area contributed by atoms with Crippen molar-refractivity contribution in [1.29, 1.82) is 0 Å². The lowest BCUT2D eigenvalue weighted by Gasteiger charge is -2.16. The number of rotatable bonds is 5. The second-order valence-corrected chi connectivity index (χ2v) is 4.15. The summed E-state index contributed by atoms with van der Waals surface area (Å²) in [4.78, 5) is 0. The van der Waals surface area contributed by atoms with Gasteiger partial charge in [0.15, 0.2) is 11.5 Å². The minimum Gasteiger partial charge on any atom is -0.493 e. The fourth-order valence-electron chi connectivity index (χ4n) is 2.02. The molecule has 1 aliphatic heterocycles. The molecule has 1 aromatic carbocycles. The monoisotopic (exact) mass is 245 g/mol. The highest BCUT2D eigenvalue weighted by Gasteiger charge is 2.10. The standard InChI is InChI=1S/C15H19NO2/c1-3-10-18-14-5-4-13(11-15(14)17-2)12-6-8-16-9-7-12/h3-6,11,16H,1,7-10H2,2H3. The molecule has 0 fully saturated rings. The maximum absolute atomic E-state index is 5.54. The Bertz CT molecular complexity index is 452. The second kappa shape index (κ2) is 6.26. The molecule has 3 heteroatoms. The van der Waals surface area contributed by atoms with E-state index in [9.17, 15) is 0 Å². The van der Waals surface area contributed by atoms with Crippen molar-refractivity contribution < 1.29 is 9.47 Å². The Morgan fingerprint density at radius 3 is 2.94 bits per heavy atom. The number of nitrogens with one attached hydrogen (secondary N) is 1. The van der Waals surface area contributed by atoms with Gasteiger partial charge < -0.3 is 14.8 Å². The van der Waals surface area contributed by atoms with Gasteiger partial charge in [-0.25, -0.2) is 0 Å². The number of hydrogen-bond donors (Lipinski definition) is 1. The Hall–Kier alpha value is -1.74. The Kier molecular flexibility index (Phi) is 4.42. The highest BCUT2D eigenvalue weighted by atomic mass is 16.5. The van der Waals surface area contributed by atoms with E-state index in [0.717, 1.165) is 31.0 Å². The molecule has 0 saturated carbocycles. The van der Waals surface area contributed by atoms with Crippen LogP contribution in [-0.4, -0.2) is 26.8 Å². The van der Waals surface area contributed by atoms with Crippen molar-refractivity contribution in [2.24, 2.45) is 0 Å². The van der Waals surface area contributed by atoms with E-state index in [-0.39, 0.29) is 0 Å². The maximum Gasteiger partial charge on any atom is 0.161 e. The van der Waals surface area contributed by atoms with E-state index in [0.29, 0.717) is 6.61 Å². The van der Waals surface area contributed by atoms with E-state index in [1.807, 2.05) is 12.1 Å². The maximum atomic E-state index is 5.54. The van der Waals surface area contributed by atoms with E-state index < -0.39 is 0 Å². The molecule has 1 aliphatic rings. The van der Waals surface area contributed by atoms with Crippen molar-refractivity contribution >= 4 is 5.57 Å². The first-order chi connectivity index (χ1) is 8.85. The summed E-state index contributed by atoms with van der Waals surface area (Å²) in [6, 6.07) is 6.08. The Labute approximate surface area is 108 Å². The van der Waals surface area contributed by atoms with Gasteiger partial charge in [0.1, 0.15) is 6.61 Å². The number of ether oxygens (including phenoxy) is 2. The van der Waals surface area contributed by atoms with E-state index in [4.69, 9.17) is 9.47 Å². The predicted octanol–water partition coefficient (Wildman–Crippen LogP) is 2.64. The molecular formula is C15H19NO2. The van der Waals surface area contributed by atoms with Crippen LogP contribution < -0.4 is 14.8 Å². The third-order valence-corrected chi connectivity index (χ3v) is 2.96. The van der Waals surface area contributed by atoms with E-state index in [1.165, 1.54) is 11.1 Å². The zero-order valence-corrected chi connectivity index (χ0v) is 10.7. The molecule has 0 spiro atoms. The fourth-order valence-corrected chi connectivity index (χ4v) is 2.02. The first-order valence-corrected chi connectivity index (χ1v) is 6.17. The summed E-state index contributed by atoms with van der Waals surface area (Å²) >= 11 is 0. The molecule has 0 saturated heterocycles. The molecule has 0 aromatic heterocycles. The minimum atomic E-state index is 0.488. The Morgan fingerprint density at radius 2 is 2.28 bits per heavy atom. The highest BCUT2D eigenvalue weighted by Crippen LogP contribution is 2.31. The van der Waals surface area contributed by atoms with Gasteiger partial charge in [0.05, 0.1) is 7.11 Å². The molecular weight excluding hydrogens is 226 g/mol. The topological polar surface area (TPSA) is 30.5 Å². The van der Waals surface area contributed by atoms with Gasteiger partial charge in [0.25, 0.3) is 0 Å². The van der Waals surface area contributed by atoms with Crippen molar-refractivity contribution in [2.45, 2.75) is 6.42 Å². The number of methoxy groups -OCH3 is 1. The molecule has 0 aliphatic carbocycles. The number of benzene rings is 1. The summed E-state index contributed by atoms with van der Waals surface area (Å²) < 4.78 is 10.9. The molecule has 1 aromatic rings. The van der Waals surface area contributed by atoms with Crippen LogP contribution >= 0.6 is 0 Å². The molecule has 18 heavy (non-hydrogen) atoms. The van der Waals surface area contributed by atoms with Gasteiger partial charge in [-0.3, -0.25) is 0 Å². The molecule has 1 heterocycles. The summed E-state index contributed by atoms with van der Waals surface area (Å²) in [5, 5.41) is 3.31. The van der Waals surface area contributed by atoms with Gasteiger partial charge in [-0.1, -0.05) is 24.8 Å². The first kappa shape index (κ1) is 12.7. The van der Waals surface area contributed by atoms with Crippen LogP contribution in [0, 0.1) is 0 Å². The number of hydrogen-bond acceptors (Lipinski definition) is 3. The smallest absolute Gasteiger partial charge is 0.161 e. The molecule has 0 radical (unpaired) electrons. The molecule has 0 unspecified atom stereocenters. The fraction of sp³-hybridized carbons (Fsp3) is 0.333. The van der Waals surface area contributed by atoms with Crippen molar-refractivity contribution in [3.8, 4) is 11.5 Å². The largest absolute Gasteiger partial charge is 0.493 e. The predicted molar refractivity (Wildman–Crippen MR) is 74.1 cm³/mol. The van der Waals surface area contributed by atoms with Crippen LogP contribution in [0.2, 0.25) is 0 Å². The van der Waals surface area contributed by atoms with E-state index in [1.54, 1.807) is 13.2 Å². The van der Waals surface area contributed by atoms with Crippen molar-refractivity contribution in [2.75, 3.05) is 26.8 Å². The van der Waals surface area contributed by atoms with Gasteiger partial charge >= 0.3 is 0 Å². The molecule has 96 valence electrons. The van der Waals surface area contributed by atoms with Gasteiger partial charge in [0, 0.05) is 6.54 Å². The van der Waals surface area contributed by atoms with E-state index >= 15 is 0 Å². The lowest BCUT2D eigenvalue weighted by Crippen LogP contribution is -2.20. The second-order valence-electron chi connectivity index (χ2n) is 4.15. The zero-order valence-electron chi connectivity index (χ0n) is 10.7. The zero-order chi connectivity index (χ0) is 12.8. The molecule has 0 atom stereocenters. The van der Waals surface area contributed by atoms with E-state index in [2.05, 4.69) is 24.0 Å². The quantitative estimate of drug-likeness (QED) is 0.809. The molecule has 0 bridgehead atoms. The summed E-state index contributed by atoms with van der Waals surface area (Å²) in [5.41, 5.74) is 2.57. The van der Waals surface area contributed by atoms with Crippen molar-refractivity contribution in [3.05, 3.63) is 42.5 Å². The van der Waals surface area contributed by atoms with Crippen LogP contribution in [0.1, 0.15) is 12.0 Å². The summed E-state index contributed by atoms with van der Waals surface area (Å²) in [7, 11) is 1.66. The first-order valence-electron chi connectivity index (χ1n) is 6.17. The van der Waals surface area contributed by atoms with Crippen LogP contribution in [0.4, 0.5) is 0 Å². The summed E-state index contributed by atoms with van der Waals surface area (Å²) in [6.07, 6.45) is 5.00. The Balaban J connectivity index is 2.23. The van der Waals surface area contributed by atoms with Crippen LogP contribution in [0.5, 0.6) is 11.5 Å². The summed E-state index contributed by atoms with van der Waals surface area (Å²) in [5.74, 6) is 1.53. The van der Waals surface area contributed by atoms with Crippen LogP contribution in [0.25, 0.3) is 5.57 Å². The SMILES string of the molecule is C=CCOc1ccc(C2=CCNCC2)cc1OC. The molecule has 1 N–H and O–H groups in total. The van der Waals surface area contributed by atoms with Gasteiger partial charge in [-0.05, 0) is 36.2 Å². The Morgan fingerprint density at radius 1 is 1.39 bits per heavy atom.